The summed E-state index contributed by atoms with van der Waals surface area (Å²) in [7, 11) is 1.91. The first-order chi connectivity index (χ1) is 11.2. The van der Waals surface area contributed by atoms with Crippen molar-refractivity contribution in [2.24, 2.45) is 18.4 Å². The van der Waals surface area contributed by atoms with Gasteiger partial charge in [-0.25, -0.2) is 0 Å². The Hall–Kier alpha value is -0.820. The van der Waals surface area contributed by atoms with Gasteiger partial charge in [0, 0.05) is 31.9 Å². The molecule has 25 heavy (non-hydrogen) atoms. The smallest absolute Gasteiger partial charge is 0.230 e. The van der Waals surface area contributed by atoms with Crippen molar-refractivity contribution in [3.8, 4) is 0 Å². The fourth-order valence-corrected chi connectivity index (χ4v) is 4.63. The first-order valence-corrected chi connectivity index (χ1v) is 8.79. The largest absolute Gasteiger partial charge is 0.370 e. The molecule has 1 saturated carbocycles. The molecule has 2 aliphatic heterocycles. The molecule has 1 aliphatic carbocycles. The minimum absolute atomic E-state index is 0. The van der Waals surface area contributed by atoms with Crippen molar-refractivity contribution in [2.45, 2.75) is 31.8 Å². The van der Waals surface area contributed by atoms with Gasteiger partial charge < -0.3 is 15.0 Å². The molecule has 3 atom stereocenters. The second-order valence-corrected chi connectivity index (χ2v) is 7.29. The van der Waals surface area contributed by atoms with E-state index in [9.17, 15) is 4.79 Å². The Morgan fingerprint density at radius 2 is 2.24 bits per heavy atom. The van der Waals surface area contributed by atoms with Crippen LogP contribution in [-0.2, 0) is 16.6 Å². The lowest BCUT2D eigenvalue weighted by Crippen LogP contribution is -2.53. The van der Waals surface area contributed by atoms with E-state index in [0.717, 1.165) is 25.1 Å². The van der Waals surface area contributed by atoms with E-state index in [-0.39, 0.29) is 36.3 Å². The lowest BCUT2D eigenvalue weighted by atomic mass is 9.67. The van der Waals surface area contributed by atoms with Crippen LogP contribution in [0.3, 0.4) is 0 Å². The highest BCUT2D eigenvalue weighted by Crippen LogP contribution is 2.45. The number of rotatable bonds is 2. The van der Waals surface area contributed by atoms with Gasteiger partial charge >= 0.3 is 0 Å². The Kier molecular flexibility index (Phi) is 6.76. The van der Waals surface area contributed by atoms with Crippen LogP contribution in [0.2, 0.25) is 0 Å². The lowest BCUT2D eigenvalue weighted by Gasteiger charge is -2.43. The zero-order valence-electron chi connectivity index (χ0n) is 14.6. The van der Waals surface area contributed by atoms with Crippen molar-refractivity contribution in [3.05, 3.63) is 18.0 Å². The van der Waals surface area contributed by atoms with Gasteiger partial charge in [0.25, 0.3) is 0 Å². The summed E-state index contributed by atoms with van der Waals surface area (Å²) in [5, 5.41) is 7.71. The number of ether oxygens (including phenoxy) is 1. The second-order valence-electron chi connectivity index (χ2n) is 7.29. The van der Waals surface area contributed by atoms with Gasteiger partial charge in [0.05, 0.1) is 24.8 Å². The molecule has 8 heteroatoms. The van der Waals surface area contributed by atoms with E-state index in [1.54, 1.807) is 4.68 Å². The predicted octanol–water partition coefficient (Wildman–Crippen LogP) is 1.94. The van der Waals surface area contributed by atoms with Crippen LogP contribution in [0.5, 0.6) is 0 Å². The van der Waals surface area contributed by atoms with Gasteiger partial charge in [-0.1, -0.05) is 12.8 Å². The quantitative estimate of drug-likeness (QED) is 0.837. The highest BCUT2D eigenvalue weighted by atomic mass is 35.5. The van der Waals surface area contributed by atoms with Gasteiger partial charge in [-0.3, -0.25) is 9.48 Å². The molecule has 3 aliphatic rings. The molecule has 1 N–H and O–H groups in total. The van der Waals surface area contributed by atoms with Crippen LogP contribution in [0, 0.1) is 11.3 Å². The number of amides is 1. The van der Waals surface area contributed by atoms with E-state index in [0.29, 0.717) is 31.5 Å². The predicted molar refractivity (Wildman–Crippen MR) is 100 cm³/mol. The Labute approximate surface area is 161 Å². The third kappa shape index (κ3) is 3.68. The maximum Gasteiger partial charge on any atom is 0.230 e. The number of hydrogen-bond donors (Lipinski definition) is 1. The second kappa shape index (κ2) is 8.25. The molecular weight excluding hydrogens is 363 g/mol. The first kappa shape index (κ1) is 20.5. The fraction of sp³-hybridized carbons (Fsp3) is 0.765. The summed E-state index contributed by atoms with van der Waals surface area (Å²) in [4.78, 5) is 15.4. The number of aryl methyl sites for hydroxylation is 1. The topological polar surface area (TPSA) is 59.4 Å². The van der Waals surface area contributed by atoms with Crippen LogP contribution in [0.4, 0.5) is 0 Å². The van der Waals surface area contributed by atoms with Crippen LogP contribution in [0.25, 0.3) is 0 Å². The highest BCUT2D eigenvalue weighted by molar-refractivity contribution is 5.85. The summed E-state index contributed by atoms with van der Waals surface area (Å²) in [5.74, 6) is 0.868. The van der Waals surface area contributed by atoms with E-state index in [4.69, 9.17) is 4.74 Å². The summed E-state index contributed by atoms with van der Waals surface area (Å²) in [6.45, 7) is 3.83. The molecule has 6 nitrogen and oxygen atoms in total. The summed E-state index contributed by atoms with van der Waals surface area (Å²) in [6, 6.07) is 0. The van der Waals surface area contributed by atoms with Gasteiger partial charge in [0.15, 0.2) is 0 Å². The van der Waals surface area contributed by atoms with Crippen LogP contribution in [-0.4, -0.2) is 53.4 Å². The first-order valence-electron chi connectivity index (χ1n) is 8.79. The summed E-state index contributed by atoms with van der Waals surface area (Å²) < 4.78 is 7.68. The normalized spacial score (nSPS) is 31.6. The third-order valence-corrected chi connectivity index (χ3v) is 5.91. The summed E-state index contributed by atoms with van der Waals surface area (Å²) in [5.41, 5.74) is 0.905. The zero-order chi connectivity index (χ0) is 15.9. The van der Waals surface area contributed by atoms with Crippen LogP contribution < -0.4 is 5.32 Å². The molecule has 2 saturated heterocycles. The molecule has 1 aromatic rings. The number of nitrogens with one attached hydrogen (secondary N) is 1. The van der Waals surface area contributed by atoms with Crippen molar-refractivity contribution in [1.82, 2.24) is 20.0 Å². The molecule has 142 valence electrons. The van der Waals surface area contributed by atoms with Crippen molar-refractivity contribution < 1.29 is 9.53 Å². The van der Waals surface area contributed by atoms with Gasteiger partial charge in [0.1, 0.15) is 6.10 Å². The minimum Gasteiger partial charge on any atom is -0.370 e. The number of carbonyl (C=O) groups excluding carboxylic acids is 1. The zero-order valence-corrected chi connectivity index (χ0v) is 16.3. The maximum atomic E-state index is 13.3. The molecule has 0 bridgehead atoms. The minimum atomic E-state index is -0.158. The van der Waals surface area contributed by atoms with Gasteiger partial charge in [-0.15, -0.1) is 24.8 Å². The standard InChI is InChI=1S/C17H26N4O2.2ClH/c1-20-10-13(8-19-20)15-11-21(6-7-23-15)16(22)17-5-3-2-4-14(17)9-18-12-17;;/h8,10,14-15,18H,2-7,9,11-12H2,1H3;2*1H/t14-,15?,17+;;/m0../s1. The molecule has 0 spiro atoms. The Morgan fingerprint density at radius 1 is 1.40 bits per heavy atom. The van der Waals surface area contributed by atoms with Crippen molar-refractivity contribution in [2.75, 3.05) is 32.8 Å². The number of carbonyl (C=O) groups is 1. The molecule has 3 fully saturated rings. The van der Waals surface area contributed by atoms with E-state index < -0.39 is 0 Å². The fourth-order valence-electron chi connectivity index (χ4n) is 4.63. The number of nitrogens with zero attached hydrogens (tertiary/aromatic N) is 3. The number of aromatic nitrogens is 2. The third-order valence-electron chi connectivity index (χ3n) is 5.91. The monoisotopic (exact) mass is 390 g/mol. The SMILES string of the molecule is Cl.Cl.Cn1cc(C2CN(C(=O)[C@@]34CCCC[C@H]3CNC4)CCO2)cn1. The number of hydrogen-bond acceptors (Lipinski definition) is 4. The van der Waals surface area contributed by atoms with Gasteiger partial charge in [0.2, 0.25) is 5.91 Å². The molecule has 0 radical (unpaired) electrons. The van der Waals surface area contributed by atoms with Crippen molar-refractivity contribution >= 4 is 30.7 Å². The molecular formula is C17H28Cl2N4O2. The molecule has 0 aromatic carbocycles. The molecule has 3 heterocycles. The van der Waals surface area contributed by atoms with E-state index in [1.807, 2.05) is 24.3 Å². The highest BCUT2D eigenvalue weighted by Gasteiger charge is 2.51. The summed E-state index contributed by atoms with van der Waals surface area (Å²) >= 11 is 0. The van der Waals surface area contributed by atoms with Crippen LogP contribution in [0.1, 0.15) is 37.4 Å². The maximum absolute atomic E-state index is 13.3. The molecule has 1 aromatic heterocycles. The lowest BCUT2D eigenvalue weighted by molar-refractivity contribution is -0.153. The number of morpholine rings is 1. The Morgan fingerprint density at radius 3 is 3.00 bits per heavy atom. The summed E-state index contributed by atoms with van der Waals surface area (Å²) in [6.07, 6.45) is 8.46. The molecule has 1 amide bonds. The van der Waals surface area contributed by atoms with Crippen LogP contribution in [0.15, 0.2) is 12.4 Å². The average Bonchev–Trinajstić information content (AvgIpc) is 3.21. The van der Waals surface area contributed by atoms with Gasteiger partial charge in [-0.05, 0) is 25.3 Å². The van der Waals surface area contributed by atoms with Crippen LogP contribution >= 0.6 is 24.8 Å². The number of halogens is 2. The average molecular weight is 391 g/mol. The van der Waals surface area contributed by atoms with Gasteiger partial charge in [-0.2, -0.15) is 5.10 Å². The van der Waals surface area contributed by atoms with E-state index in [2.05, 4.69) is 10.4 Å². The molecule has 1 unspecified atom stereocenters. The van der Waals surface area contributed by atoms with E-state index in [1.165, 1.54) is 19.3 Å². The number of fused-ring (bicyclic) bond motifs is 1. The van der Waals surface area contributed by atoms with Crippen molar-refractivity contribution in [1.29, 1.82) is 0 Å². The molecule has 4 rings (SSSR count). The Bertz CT molecular complexity index is 597. The Balaban J connectivity index is 0.00000113. The van der Waals surface area contributed by atoms with E-state index >= 15 is 0 Å². The van der Waals surface area contributed by atoms with Crippen molar-refractivity contribution in [3.63, 3.8) is 0 Å².